The van der Waals surface area contributed by atoms with Gasteiger partial charge in [-0.3, -0.25) is 9.69 Å². The number of nitrogens with zero attached hydrogens (tertiary/aromatic N) is 4. The van der Waals surface area contributed by atoms with Crippen molar-refractivity contribution in [1.29, 1.82) is 0 Å². The van der Waals surface area contributed by atoms with Gasteiger partial charge in [0.2, 0.25) is 0 Å². The van der Waals surface area contributed by atoms with E-state index >= 15 is 0 Å². The molecule has 3 saturated heterocycles. The number of allylic oxidation sites excluding steroid dienone is 1. The Morgan fingerprint density at radius 2 is 2.08 bits per heavy atom. The molecule has 0 radical (unpaired) electrons. The number of carbonyl (C=O) groups excluding carboxylic acids is 1. The van der Waals surface area contributed by atoms with Crippen LogP contribution in [0.2, 0.25) is 0 Å². The molecule has 4 aliphatic rings. The molecular formula is C20H23N5O. The maximum absolute atomic E-state index is 12.8. The molecule has 3 aliphatic heterocycles. The Morgan fingerprint density at radius 3 is 2.88 bits per heavy atom. The van der Waals surface area contributed by atoms with Crippen LogP contribution in [0.3, 0.4) is 0 Å². The quantitative estimate of drug-likeness (QED) is 0.903. The minimum absolute atomic E-state index is 0.150. The number of hydrogen-bond donors (Lipinski definition) is 1. The van der Waals surface area contributed by atoms with Crippen molar-refractivity contribution in [2.24, 2.45) is 11.8 Å². The normalized spacial score (nSPS) is 29.5. The fourth-order valence-electron chi connectivity index (χ4n) is 4.78. The first-order valence-corrected chi connectivity index (χ1v) is 9.37. The molecule has 0 saturated carbocycles. The number of hydrogen-bond acceptors (Lipinski definition) is 4. The van der Waals surface area contributed by atoms with Gasteiger partial charge >= 0.3 is 0 Å². The highest BCUT2D eigenvalue weighted by molar-refractivity contribution is 6.00. The van der Waals surface area contributed by atoms with E-state index in [-0.39, 0.29) is 5.91 Å². The van der Waals surface area contributed by atoms with Gasteiger partial charge in [0.25, 0.3) is 5.91 Å². The molecule has 2 aromatic rings. The molecule has 3 fully saturated rings. The molecule has 2 aromatic heterocycles. The first kappa shape index (κ1) is 15.8. The zero-order valence-electron chi connectivity index (χ0n) is 15.1. The molecule has 2 atom stereocenters. The van der Waals surface area contributed by atoms with Crippen molar-refractivity contribution in [2.45, 2.75) is 32.7 Å². The van der Waals surface area contributed by atoms with Crippen molar-refractivity contribution in [3.8, 4) is 0 Å². The van der Waals surface area contributed by atoms with Gasteiger partial charge in [-0.2, -0.15) is 5.10 Å². The molecule has 26 heavy (non-hydrogen) atoms. The van der Waals surface area contributed by atoms with Gasteiger partial charge < -0.3 is 5.32 Å². The number of aromatic nitrogens is 3. The maximum atomic E-state index is 12.8. The second-order valence-electron chi connectivity index (χ2n) is 7.71. The fraction of sp³-hybridized carbons (Fsp3) is 0.450. The Labute approximate surface area is 152 Å². The van der Waals surface area contributed by atoms with E-state index in [4.69, 9.17) is 0 Å². The molecule has 2 bridgehead atoms. The van der Waals surface area contributed by atoms with E-state index in [1.165, 1.54) is 25.9 Å². The average Bonchev–Trinajstić information content (AvgIpc) is 3.07. The van der Waals surface area contributed by atoms with E-state index in [1.54, 1.807) is 10.7 Å². The van der Waals surface area contributed by atoms with E-state index in [9.17, 15) is 4.79 Å². The Morgan fingerprint density at radius 1 is 1.27 bits per heavy atom. The van der Waals surface area contributed by atoms with E-state index in [1.807, 2.05) is 19.9 Å². The van der Waals surface area contributed by atoms with Crippen molar-refractivity contribution in [3.63, 3.8) is 0 Å². The number of rotatable bonds is 2. The van der Waals surface area contributed by atoms with Crippen molar-refractivity contribution < 1.29 is 4.79 Å². The molecule has 134 valence electrons. The molecule has 1 amide bonds. The number of carbonyl (C=O) groups is 1. The lowest BCUT2D eigenvalue weighted by Crippen LogP contribution is -2.54. The zero-order valence-corrected chi connectivity index (χ0v) is 15.1. The molecule has 0 aromatic carbocycles. The summed E-state index contributed by atoms with van der Waals surface area (Å²) < 4.78 is 1.72. The first-order valence-electron chi connectivity index (χ1n) is 9.37. The monoisotopic (exact) mass is 349 g/mol. The lowest BCUT2D eigenvalue weighted by atomic mass is 9.72. The summed E-state index contributed by atoms with van der Waals surface area (Å²) >= 11 is 0. The van der Waals surface area contributed by atoms with Gasteiger partial charge in [-0.25, -0.2) is 9.50 Å². The minimum Gasteiger partial charge on any atom is -0.322 e. The predicted molar refractivity (Wildman–Crippen MR) is 98.7 cm³/mol. The van der Waals surface area contributed by atoms with Crippen LogP contribution >= 0.6 is 0 Å². The van der Waals surface area contributed by atoms with Gasteiger partial charge in [-0.15, -0.1) is 0 Å². The van der Waals surface area contributed by atoms with Crippen LogP contribution in [-0.4, -0.2) is 44.5 Å². The molecule has 5 heterocycles. The smallest absolute Gasteiger partial charge is 0.261 e. The molecule has 6 rings (SSSR count). The molecule has 0 spiro atoms. The standard InChI is InChI=1S/C20H23N5O/c1-12-9-13(2)25-19(22-12)17(11-21-25)20(26)23-15-3-4-16-14-5-7-24(8-6-14)18(16)10-15/h3-4,9-11,14,16,18H,5-8H2,1-2H3,(H,23,26). The van der Waals surface area contributed by atoms with Gasteiger partial charge in [0.05, 0.1) is 6.20 Å². The van der Waals surface area contributed by atoms with Crippen LogP contribution in [0, 0.1) is 25.7 Å². The third kappa shape index (κ3) is 2.40. The fourth-order valence-corrected chi connectivity index (χ4v) is 4.78. The third-order valence-corrected chi connectivity index (χ3v) is 6.06. The van der Waals surface area contributed by atoms with E-state index in [0.29, 0.717) is 23.2 Å². The van der Waals surface area contributed by atoms with Crippen molar-refractivity contribution in [1.82, 2.24) is 24.8 Å². The zero-order chi connectivity index (χ0) is 17.8. The van der Waals surface area contributed by atoms with Gasteiger partial charge in [0, 0.05) is 23.1 Å². The van der Waals surface area contributed by atoms with Crippen molar-refractivity contribution in [3.05, 3.63) is 53.1 Å². The summed E-state index contributed by atoms with van der Waals surface area (Å²) in [5.41, 5.74) is 3.86. The highest BCUT2D eigenvalue weighted by Gasteiger charge is 2.41. The van der Waals surface area contributed by atoms with Crippen molar-refractivity contribution >= 4 is 11.6 Å². The topological polar surface area (TPSA) is 62.5 Å². The summed E-state index contributed by atoms with van der Waals surface area (Å²) in [5, 5.41) is 7.38. The predicted octanol–water partition coefficient (Wildman–Crippen LogP) is 2.24. The Bertz CT molecular complexity index is 949. The van der Waals surface area contributed by atoms with Crippen LogP contribution in [0.5, 0.6) is 0 Å². The third-order valence-electron chi connectivity index (χ3n) is 6.06. The summed E-state index contributed by atoms with van der Waals surface area (Å²) in [6, 6.07) is 2.38. The molecule has 1 aliphatic carbocycles. The van der Waals surface area contributed by atoms with Crippen molar-refractivity contribution in [2.75, 3.05) is 13.1 Å². The van der Waals surface area contributed by atoms with Gasteiger partial charge in [-0.05, 0) is 69.8 Å². The SMILES string of the molecule is Cc1cc(C)n2ncc(C(=O)NC3=CC4C(C=C3)C3CCN4CC3)c2n1. The lowest BCUT2D eigenvalue weighted by molar-refractivity contribution is 0.0334. The van der Waals surface area contributed by atoms with Crippen LogP contribution in [0.1, 0.15) is 34.6 Å². The molecule has 6 nitrogen and oxygen atoms in total. The van der Waals surface area contributed by atoms with E-state index in [2.05, 4.69) is 38.5 Å². The summed E-state index contributed by atoms with van der Waals surface area (Å²) in [4.78, 5) is 19.9. The van der Waals surface area contributed by atoms with Gasteiger partial charge in [0.15, 0.2) is 5.65 Å². The van der Waals surface area contributed by atoms with Gasteiger partial charge in [0.1, 0.15) is 5.56 Å². The Kier molecular flexibility index (Phi) is 3.50. The summed E-state index contributed by atoms with van der Waals surface area (Å²) in [6.45, 7) is 6.25. The number of amides is 1. The van der Waals surface area contributed by atoms with E-state index < -0.39 is 0 Å². The second-order valence-corrected chi connectivity index (χ2v) is 7.71. The van der Waals surface area contributed by atoms with Crippen LogP contribution in [0.4, 0.5) is 0 Å². The number of fused-ring (bicyclic) bond motifs is 3. The highest BCUT2D eigenvalue weighted by atomic mass is 16.1. The van der Waals surface area contributed by atoms with Crippen LogP contribution < -0.4 is 5.32 Å². The van der Waals surface area contributed by atoms with E-state index in [0.717, 1.165) is 23.0 Å². The number of piperidine rings is 3. The number of nitrogens with one attached hydrogen (secondary N) is 1. The van der Waals surface area contributed by atoms with Crippen LogP contribution in [-0.2, 0) is 0 Å². The van der Waals surface area contributed by atoms with Crippen LogP contribution in [0.25, 0.3) is 5.65 Å². The molecule has 6 heteroatoms. The summed E-state index contributed by atoms with van der Waals surface area (Å²) in [6.07, 6.45) is 10.8. The lowest BCUT2D eigenvalue weighted by Gasteiger charge is -2.50. The molecular weight excluding hydrogens is 326 g/mol. The number of aryl methyl sites for hydroxylation is 2. The summed E-state index contributed by atoms with van der Waals surface area (Å²) in [5.74, 6) is 1.24. The maximum Gasteiger partial charge on any atom is 0.261 e. The Hall–Kier alpha value is -2.47. The average molecular weight is 349 g/mol. The minimum atomic E-state index is -0.150. The largest absolute Gasteiger partial charge is 0.322 e. The molecule has 2 unspecified atom stereocenters. The molecule has 1 N–H and O–H groups in total. The van der Waals surface area contributed by atoms with Crippen LogP contribution in [0.15, 0.2) is 36.2 Å². The second kappa shape index (κ2) is 5.77. The first-order chi connectivity index (χ1) is 12.6. The highest BCUT2D eigenvalue weighted by Crippen LogP contribution is 2.40. The van der Waals surface area contributed by atoms with Gasteiger partial charge in [-0.1, -0.05) is 6.08 Å². The summed E-state index contributed by atoms with van der Waals surface area (Å²) in [7, 11) is 0. The Balaban J connectivity index is 1.41.